The highest BCUT2D eigenvalue weighted by molar-refractivity contribution is 7.90. The van der Waals surface area contributed by atoms with Crippen molar-refractivity contribution in [2.45, 2.75) is 83.7 Å². The molecule has 4 amide bonds. The Labute approximate surface area is 448 Å². The molecule has 0 aromatic heterocycles. The quantitative estimate of drug-likeness (QED) is 0.0309. The van der Waals surface area contributed by atoms with Crippen LogP contribution in [0.4, 0.5) is 24.5 Å². The van der Waals surface area contributed by atoms with Crippen LogP contribution in [-0.4, -0.2) is 109 Å². The standard InChI is InChI=1S/C19H20N2O4S.C13H16N2O4S.C10H11F3O5.C9H12O5/c1-5-17(22)20-15-8-6-7-9-16(15)26(24,25)21-19(23)18-13(3)10-12(2)11-14(18)4;1-4-12(16)15-20(18,19)11-7-5-10(6-8-11)14-13(17)9(2)3;1-6(2)9(16)18-4-3-17-8(15)5-7(14)10(11,12)13;1-3-8(11)13-4-5-14-9(12)6-7(2)10/h5-11H,1H2,2-4H3,(H,20,22)(H,21,23);5-8H,2,4H2,1,3H3,(H,14,17)(H,15,16);1,3-5H2,2H3;3H,1,4-6H2,2H3. The van der Waals surface area contributed by atoms with Gasteiger partial charge in [0.2, 0.25) is 17.6 Å². The maximum absolute atomic E-state index is 12.7. The summed E-state index contributed by atoms with van der Waals surface area (Å²) >= 11 is 0. The third-order valence-corrected chi connectivity index (χ3v) is 11.6. The van der Waals surface area contributed by atoms with E-state index in [0.29, 0.717) is 28.0 Å². The summed E-state index contributed by atoms with van der Waals surface area (Å²) in [7, 11) is -8.05. The molecular formula is C51H59F3N4O18S2. The number of amides is 4. The topological polar surface area (TPSA) is 324 Å². The molecule has 0 atom stereocenters. The smallest absolute Gasteiger partial charge is 0.450 e. The van der Waals surface area contributed by atoms with Crippen LogP contribution in [0.15, 0.2) is 120 Å². The summed E-state index contributed by atoms with van der Waals surface area (Å²) in [5.74, 6) is -7.89. The molecule has 4 N–H and O–H groups in total. The molecule has 0 aliphatic carbocycles. The molecule has 0 fully saturated rings. The number of Topliss-reactive ketones (excluding diaryl/α,β-unsaturated/α-hetero) is 2. The number of para-hydroxylation sites is 1. The number of hydrogen-bond acceptors (Lipinski definition) is 18. The molecule has 0 saturated carbocycles. The second-order valence-electron chi connectivity index (χ2n) is 15.7. The Morgan fingerprint density at radius 3 is 1.63 bits per heavy atom. The number of hydrogen-bond donors (Lipinski definition) is 4. The lowest BCUT2D eigenvalue weighted by Gasteiger charge is -2.14. The van der Waals surface area contributed by atoms with Crippen LogP contribution in [0.2, 0.25) is 0 Å². The van der Waals surface area contributed by atoms with Crippen LogP contribution < -0.4 is 20.1 Å². The number of nitrogens with one attached hydrogen (secondary N) is 4. The molecule has 3 aromatic carbocycles. The Hall–Kier alpha value is -8.59. The molecule has 0 saturated heterocycles. The monoisotopic (exact) mass is 1140 g/mol. The fourth-order valence-electron chi connectivity index (χ4n) is 5.30. The Balaban J connectivity index is 0.00000104. The van der Waals surface area contributed by atoms with Crippen LogP contribution in [0.5, 0.6) is 0 Å². The first-order valence-electron chi connectivity index (χ1n) is 22.4. The molecule has 0 spiro atoms. The third kappa shape index (κ3) is 27.3. The molecule has 424 valence electrons. The molecule has 78 heavy (non-hydrogen) atoms. The van der Waals surface area contributed by atoms with Gasteiger partial charge in [-0.25, -0.2) is 35.9 Å². The maximum atomic E-state index is 12.7. The number of anilines is 2. The van der Waals surface area contributed by atoms with Crippen molar-refractivity contribution in [2.75, 3.05) is 37.1 Å². The summed E-state index contributed by atoms with van der Waals surface area (Å²) in [6, 6.07) is 14.9. The Morgan fingerprint density at radius 2 is 1.15 bits per heavy atom. The highest BCUT2D eigenvalue weighted by atomic mass is 32.2. The van der Waals surface area contributed by atoms with E-state index in [1.54, 1.807) is 33.8 Å². The minimum atomic E-state index is -5.06. The van der Waals surface area contributed by atoms with E-state index in [9.17, 15) is 78.0 Å². The van der Waals surface area contributed by atoms with E-state index >= 15 is 0 Å². The van der Waals surface area contributed by atoms with Gasteiger partial charge in [0.05, 0.1) is 10.6 Å². The van der Waals surface area contributed by atoms with E-state index in [2.05, 4.69) is 60.6 Å². The number of rotatable bonds is 22. The van der Waals surface area contributed by atoms with Gasteiger partial charge in [-0.1, -0.05) is 63.1 Å². The lowest BCUT2D eigenvalue weighted by atomic mass is 10.00. The molecule has 0 radical (unpaired) electrons. The fourth-order valence-corrected chi connectivity index (χ4v) is 7.48. The molecule has 0 heterocycles. The number of esters is 4. The fraction of sp³-hybridized carbons (Fsp3) is 0.294. The van der Waals surface area contributed by atoms with Crippen LogP contribution in [-0.2, 0) is 82.1 Å². The van der Waals surface area contributed by atoms with Gasteiger partial charge in [-0.15, -0.1) is 0 Å². The van der Waals surface area contributed by atoms with Crippen molar-refractivity contribution >= 4 is 90.5 Å². The van der Waals surface area contributed by atoms with E-state index in [1.807, 2.05) is 23.8 Å². The van der Waals surface area contributed by atoms with E-state index < -0.39 is 86.6 Å². The zero-order valence-corrected chi connectivity index (χ0v) is 45.1. The Kier molecular flexibility index (Phi) is 29.8. The van der Waals surface area contributed by atoms with Crippen molar-refractivity contribution in [3.05, 3.63) is 133 Å². The highest BCUT2D eigenvalue weighted by Gasteiger charge is 2.39. The first-order valence-corrected chi connectivity index (χ1v) is 25.4. The Bertz CT molecular complexity index is 2970. The van der Waals surface area contributed by atoms with Gasteiger partial charge in [-0.2, -0.15) is 13.2 Å². The van der Waals surface area contributed by atoms with Crippen molar-refractivity contribution in [1.82, 2.24) is 9.44 Å². The minimum absolute atomic E-state index is 0.0332. The van der Waals surface area contributed by atoms with Crippen LogP contribution in [0.1, 0.15) is 74.0 Å². The van der Waals surface area contributed by atoms with E-state index in [4.69, 9.17) is 0 Å². The second kappa shape index (κ2) is 33.4. The number of halogens is 3. The van der Waals surface area contributed by atoms with Gasteiger partial charge in [-0.3, -0.25) is 38.4 Å². The summed E-state index contributed by atoms with van der Waals surface area (Å²) in [6.45, 7) is 23.7. The van der Waals surface area contributed by atoms with Crippen molar-refractivity contribution in [3.63, 3.8) is 0 Å². The zero-order chi connectivity index (χ0) is 60.1. The van der Waals surface area contributed by atoms with Crippen molar-refractivity contribution in [2.24, 2.45) is 0 Å². The zero-order valence-electron chi connectivity index (χ0n) is 43.5. The normalized spacial score (nSPS) is 10.4. The number of carbonyl (C=O) groups is 10. The summed E-state index contributed by atoms with van der Waals surface area (Å²) in [5.41, 5.74) is 3.65. The molecule has 3 rings (SSSR count). The summed E-state index contributed by atoms with van der Waals surface area (Å²) in [4.78, 5) is 110. The lowest BCUT2D eigenvalue weighted by Crippen LogP contribution is -2.32. The molecule has 22 nitrogen and oxygen atoms in total. The van der Waals surface area contributed by atoms with Gasteiger partial charge < -0.3 is 29.6 Å². The number of ketones is 2. The number of carbonyl (C=O) groups excluding carboxylic acids is 10. The third-order valence-electron chi connectivity index (χ3n) is 8.83. The summed E-state index contributed by atoms with van der Waals surface area (Å²) in [5, 5.41) is 4.97. The number of benzene rings is 3. The molecular weight excluding hydrogens is 1080 g/mol. The van der Waals surface area contributed by atoms with Gasteiger partial charge in [0.1, 0.15) is 49.9 Å². The van der Waals surface area contributed by atoms with Crippen molar-refractivity contribution < 1.29 is 96.9 Å². The van der Waals surface area contributed by atoms with Gasteiger partial charge in [-0.05, 0) is 95.1 Å². The lowest BCUT2D eigenvalue weighted by molar-refractivity contribution is -0.175. The van der Waals surface area contributed by atoms with Gasteiger partial charge in [0, 0.05) is 34.9 Å². The number of aryl methyl sites for hydroxylation is 3. The number of alkyl halides is 3. The summed E-state index contributed by atoms with van der Waals surface area (Å²) < 4.78 is 106. The van der Waals surface area contributed by atoms with Gasteiger partial charge >= 0.3 is 30.1 Å². The largest absolute Gasteiger partial charge is 0.462 e. The summed E-state index contributed by atoms with van der Waals surface area (Å²) in [6.07, 6.45) is -4.59. The Morgan fingerprint density at radius 1 is 0.641 bits per heavy atom. The van der Waals surface area contributed by atoms with Crippen LogP contribution in [0, 0.1) is 20.8 Å². The first-order chi connectivity index (χ1) is 36.1. The molecule has 0 aliphatic heterocycles. The molecule has 0 unspecified atom stereocenters. The highest BCUT2D eigenvalue weighted by Crippen LogP contribution is 2.23. The minimum Gasteiger partial charge on any atom is -0.462 e. The average Bonchev–Trinajstić information content (AvgIpc) is 3.33. The van der Waals surface area contributed by atoms with Crippen LogP contribution in [0.3, 0.4) is 0 Å². The van der Waals surface area contributed by atoms with Crippen LogP contribution >= 0.6 is 0 Å². The average molecular weight is 1140 g/mol. The van der Waals surface area contributed by atoms with Crippen molar-refractivity contribution in [1.29, 1.82) is 0 Å². The first kappa shape index (κ1) is 69.4. The number of sulfonamides is 2. The number of ether oxygens (including phenoxy) is 4. The van der Waals surface area contributed by atoms with E-state index in [-0.39, 0.29) is 65.4 Å². The molecule has 27 heteroatoms. The van der Waals surface area contributed by atoms with Crippen molar-refractivity contribution in [3.8, 4) is 0 Å². The van der Waals surface area contributed by atoms with Crippen LogP contribution in [0.25, 0.3) is 0 Å². The maximum Gasteiger partial charge on any atom is 0.450 e. The van der Waals surface area contributed by atoms with E-state index in [1.165, 1.54) is 56.3 Å². The molecule has 3 aromatic rings. The van der Waals surface area contributed by atoms with Gasteiger partial charge in [0.15, 0.2) is 0 Å². The second-order valence-corrected chi connectivity index (χ2v) is 19.1. The predicted molar refractivity (Wildman–Crippen MR) is 276 cm³/mol. The van der Waals surface area contributed by atoms with E-state index in [0.717, 1.165) is 17.7 Å². The van der Waals surface area contributed by atoms with Gasteiger partial charge in [0.25, 0.3) is 31.9 Å². The molecule has 0 aliphatic rings. The SMILES string of the molecule is C=C(C)C(=O)Nc1ccc(S(=O)(=O)NC(=O)CC)cc1.C=C(C)C(=O)OCCOC(=O)CC(=O)C(F)(F)F.C=CC(=O)Nc1ccccc1S(=O)(=O)NC(=O)c1c(C)cc(C)cc1C.C=CC(=O)OCCOC(=O)CC(C)=O. The molecule has 0 bridgehead atoms. The predicted octanol–water partition coefficient (Wildman–Crippen LogP) is 5.68.